The Bertz CT molecular complexity index is 1600. The third kappa shape index (κ3) is 6.20. The van der Waals surface area contributed by atoms with Crippen molar-refractivity contribution in [3.8, 4) is 17.6 Å². The van der Waals surface area contributed by atoms with Crippen LogP contribution in [0.4, 0.5) is 5.82 Å². The molecule has 1 fully saturated rings. The molecular formula is C32H34N6O4. The first-order valence-corrected chi connectivity index (χ1v) is 14.0. The van der Waals surface area contributed by atoms with Crippen LogP contribution in [0.3, 0.4) is 0 Å². The zero-order chi connectivity index (χ0) is 29.6. The number of likely N-dealkylation sites (tertiary alicyclic amines) is 1. The molecule has 4 aromatic rings. The summed E-state index contributed by atoms with van der Waals surface area (Å²) >= 11 is 0. The first kappa shape index (κ1) is 28.6. The lowest BCUT2D eigenvalue weighted by molar-refractivity contribution is -0.148. The van der Waals surface area contributed by atoms with Gasteiger partial charge in [-0.15, -0.1) is 0 Å². The van der Waals surface area contributed by atoms with E-state index in [4.69, 9.17) is 14.7 Å². The van der Waals surface area contributed by atoms with Gasteiger partial charge in [0.05, 0.1) is 23.4 Å². The van der Waals surface area contributed by atoms with Crippen LogP contribution >= 0.6 is 0 Å². The highest BCUT2D eigenvalue weighted by Crippen LogP contribution is 2.30. The number of para-hydroxylation sites is 1. The van der Waals surface area contributed by atoms with Gasteiger partial charge in [0.25, 0.3) is 0 Å². The molecule has 1 amide bonds. The van der Waals surface area contributed by atoms with Gasteiger partial charge in [0.15, 0.2) is 6.73 Å². The number of amides is 1. The van der Waals surface area contributed by atoms with Crippen molar-refractivity contribution in [2.24, 2.45) is 5.92 Å². The number of nitriles is 1. The van der Waals surface area contributed by atoms with Crippen LogP contribution < -0.4 is 9.64 Å². The molecule has 0 saturated carbocycles. The van der Waals surface area contributed by atoms with Gasteiger partial charge in [-0.2, -0.15) is 5.26 Å². The molecule has 3 atom stereocenters. The number of rotatable bonds is 9. The zero-order valence-corrected chi connectivity index (χ0v) is 24.0. The molecule has 3 heterocycles. The van der Waals surface area contributed by atoms with Crippen molar-refractivity contribution in [1.82, 2.24) is 19.4 Å². The summed E-state index contributed by atoms with van der Waals surface area (Å²) in [6.45, 7) is 5.15. The van der Waals surface area contributed by atoms with E-state index in [1.54, 1.807) is 9.47 Å². The number of fused-ring (bicyclic) bond motifs is 1. The van der Waals surface area contributed by atoms with Crippen LogP contribution in [0.1, 0.15) is 38.2 Å². The Morgan fingerprint density at radius 1 is 1.12 bits per heavy atom. The molecule has 42 heavy (non-hydrogen) atoms. The summed E-state index contributed by atoms with van der Waals surface area (Å²) in [6.07, 6.45) is 4.06. The summed E-state index contributed by atoms with van der Waals surface area (Å²) in [7, 11) is 1.97. The molecule has 1 aliphatic heterocycles. The number of carbonyl (C=O) groups excluding carboxylic acids is 2. The van der Waals surface area contributed by atoms with Crippen LogP contribution in [-0.4, -0.2) is 57.5 Å². The number of benzene rings is 2. The lowest BCUT2D eigenvalue weighted by atomic mass is 9.92. The number of esters is 1. The van der Waals surface area contributed by atoms with E-state index < -0.39 is 5.92 Å². The second kappa shape index (κ2) is 12.7. The average Bonchev–Trinajstić information content (AvgIpc) is 3.43. The van der Waals surface area contributed by atoms with Gasteiger partial charge in [0.1, 0.15) is 35.7 Å². The van der Waals surface area contributed by atoms with Gasteiger partial charge in [-0.3, -0.25) is 14.2 Å². The molecule has 1 aliphatic rings. The van der Waals surface area contributed by atoms with Crippen molar-refractivity contribution < 1.29 is 19.1 Å². The van der Waals surface area contributed by atoms with Gasteiger partial charge in [0, 0.05) is 26.3 Å². The summed E-state index contributed by atoms with van der Waals surface area (Å²) in [6, 6.07) is 20.8. The number of hydrogen-bond acceptors (Lipinski definition) is 8. The number of carbonyl (C=O) groups is 2. The van der Waals surface area contributed by atoms with Crippen LogP contribution in [0.25, 0.3) is 11.0 Å². The Morgan fingerprint density at radius 3 is 2.69 bits per heavy atom. The molecule has 5 rings (SSSR count). The molecular weight excluding hydrogens is 532 g/mol. The third-order valence-corrected chi connectivity index (χ3v) is 7.90. The standard InChI is InChI=1S/C32H34N6O4/c1-22-13-16-37(29(39)12-15-33)19-28(22)36(3)30-27-14-17-38(31(27)35-20-34-30)21-41-32(40)23(2)24-8-7-11-26(18-24)42-25-9-5-4-6-10-25/h4-11,14,17-18,20,22-23,28H,12-13,16,19,21H2,1-3H3/t22-,23?,28+/m1/s1. The minimum atomic E-state index is -0.498. The van der Waals surface area contributed by atoms with E-state index in [0.717, 1.165) is 28.9 Å². The monoisotopic (exact) mass is 566 g/mol. The number of likely N-dealkylation sites (N-methyl/N-ethyl adjacent to an activating group) is 1. The van der Waals surface area contributed by atoms with E-state index in [1.165, 1.54) is 6.33 Å². The van der Waals surface area contributed by atoms with Gasteiger partial charge in [-0.25, -0.2) is 9.97 Å². The Hall–Kier alpha value is -4.91. The van der Waals surface area contributed by atoms with Gasteiger partial charge in [0.2, 0.25) is 5.91 Å². The van der Waals surface area contributed by atoms with Crippen molar-refractivity contribution in [3.63, 3.8) is 0 Å². The minimum absolute atomic E-state index is 0.00329. The molecule has 0 aliphatic carbocycles. The van der Waals surface area contributed by atoms with E-state index in [0.29, 0.717) is 30.4 Å². The fourth-order valence-corrected chi connectivity index (χ4v) is 5.36. The van der Waals surface area contributed by atoms with Gasteiger partial charge in [-0.05, 0) is 55.2 Å². The van der Waals surface area contributed by atoms with Crippen molar-refractivity contribution in [2.75, 3.05) is 25.0 Å². The molecule has 0 bridgehead atoms. The average molecular weight is 567 g/mol. The normalized spacial score (nSPS) is 17.3. The summed E-state index contributed by atoms with van der Waals surface area (Å²) in [5, 5.41) is 9.78. The second-order valence-electron chi connectivity index (χ2n) is 10.6. The molecule has 1 unspecified atom stereocenters. The number of nitrogens with zero attached hydrogens (tertiary/aromatic N) is 6. The molecule has 0 radical (unpaired) electrons. The smallest absolute Gasteiger partial charge is 0.314 e. The van der Waals surface area contributed by atoms with Crippen LogP contribution in [-0.2, 0) is 21.1 Å². The molecule has 2 aromatic heterocycles. The van der Waals surface area contributed by atoms with Gasteiger partial charge in [-0.1, -0.05) is 37.3 Å². The van der Waals surface area contributed by atoms with Crippen molar-refractivity contribution in [3.05, 3.63) is 78.8 Å². The third-order valence-electron chi connectivity index (χ3n) is 7.90. The van der Waals surface area contributed by atoms with E-state index in [2.05, 4.69) is 21.8 Å². The number of aromatic nitrogens is 3. The van der Waals surface area contributed by atoms with Crippen LogP contribution in [0.15, 0.2) is 73.2 Å². The van der Waals surface area contributed by atoms with E-state index >= 15 is 0 Å². The molecule has 216 valence electrons. The van der Waals surface area contributed by atoms with Crippen molar-refractivity contribution in [2.45, 2.75) is 45.4 Å². The quantitative estimate of drug-likeness (QED) is 0.257. The molecule has 0 spiro atoms. The van der Waals surface area contributed by atoms with Gasteiger partial charge >= 0.3 is 5.97 Å². The predicted molar refractivity (Wildman–Crippen MR) is 158 cm³/mol. The van der Waals surface area contributed by atoms with Crippen LogP contribution in [0.5, 0.6) is 11.5 Å². The van der Waals surface area contributed by atoms with Crippen LogP contribution in [0, 0.1) is 17.2 Å². The number of piperidine rings is 1. The lowest BCUT2D eigenvalue weighted by Gasteiger charge is -2.42. The van der Waals surface area contributed by atoms with Crippen molar-refractivity contribution in [1.29, 1.82) is 5.26 Å². The Labute approximate surface area is 245 Å². The molecule has 1 saturated heterocycles. The summed E-state index contributed by atoms with van der Waals surface area (Å²) < 4.78 is 13.4. The fourth-order valence-electron chi connectivity index (χ4n) is 5.36. The predicted octanol–water partition coefficient (Wildman–Crippen LogP) is 5.11. The first-order valence-electron chi connectivity index (χ1n) is 14.0. The molecule has 10 heteroatoms. The topological polar surface area (TPSA) is 114 Å². The number of anilines is 1. The maximum atomic E-state index is 13.0. The van der Waals surface area contributed by atoms with E-state index in [1.807, 2.05) is 86.9 Å². The highest BCUT2D eigenvalue weighted by molar-refractivity contribution is 5.88. The largest absolute Gasteiger partial charge is 0.457 e. The summed E-state index contributed by atoms with van der Waals surface area (Å²) in [5.41, 5.74) is 1.44. The molecule has 2 aromatic carbocycles. The SMILES string of the molecule is CC(C(=O)OCn1ccc2c(N(C)[C@H]3CN(C(=O)CC#N)CC[C@H]3C)ncnc21)c1cccc(Oc2ccccc2)c1. The number of ether oxygens (including phenoxy) is 2. The highest BCUT2D eigenvalue weighted by atomic mass is 16.5. The fraction of sp³-hybridized carbons (Fsp3) is 0.344. The maximum absolute atomic E-state index is 13.0. The Kier molecular flexibility index (Phi) is 8.67. The van der Waals surface area contributed by atoms with Crippen LogP contribution in [0.2, 0.25) is 0 Å². The van der Waals surface area contributed by atoms with Gasteiger partial charge < -0.3 is 19.3 Å². The zero-order valence-electron chi connectivity index (χ0n) is 24.0. The lowest BCUT2D eigenvalue weighted by Crippen LogP contribution is -2.52. The maximum Gasteiger partial charge on any atom is 0.314 e. The summed E-state index contributed by atoms with van der Waals surface area (Å²) in [4.78, 5) is 38.3. The van der Waals surface area contributed by atoms with E-state index in [-0.39, 0.29) is 31.1 Å². The Balaban J connectivity index is 1.26. The molecule has 10 nitrogen and oxygen atoms in total. The minimum Gasteiger partial charge on any atom is -0.457 e. The summed E-state index contributed by atoms with van der Waals surface area (Å²) in [5.74, 6) is 1.42. The number of hydrogen-bond donors (Lipinski definition) is 0. The highest BCUT2D eigenvalue weighted by Gasteiger charge is 2.32. The van der Waals surface area contributed by atoms with E-state index in [9.17, 15) is 9.59 Å². The first-order chi connectivity index (χ1) is 20.4. The Morgan fingerprint density at radius 2 is 1.90 bits per heavy atom. The molecule has 0 N–H and O–H groups in total. The second-order valence-corrected chi connectivity index (χ2v) is 10.6. The van der Waals surface area contributed by atoms with Crippen molar-refractivity contribution >= 4 is 28.7 Å².